The highest BCUT2D eigenvalue weighted by molar-refractivity contribution is 7.99. The molecule has 0 aliphatic heterocycles. The first-order chi connectivity index (χ1) is 3.91. The lowest BCUT2D eigenvalue weighted by Crippen LogP contribution is -1.80. The van der Waals surface area contributed by atoms with Gasteiger partial charge in [0.15, 0.2) is 0 Å². The minimum absolute atomic E-state index is 0.240. The van der Waals surface area contributed by atoms with Gasteiger partial charge in [0.2, 0.25) is 0 Å². The average Bonchev–Trinajstić information content (AvgIpc) is 1.81. The Morgan fingerprint density at radius 1 is 1.62 bits per heavy atom. The van der Waals surface area contributed by atoms with Gasteiger partial charge in [-0.3, -0.25) is 4.39 Å². The van der Waals surface area contributed by atoms with E-state index in [9.17, 15) is 4.39 Å². The summed E-state index contributed by atoms with van der Waals surface area (Å²) in [6.07, 6.45) is 0. The molecule has 8 heavy (non-hydrogen) atoms. The smallest absolute Gasteiger partial charge is 0.0985 e. The Kier molecular flexibility index (Phi) is 6.70. The summed E-state index contributed by atoms with van der Waals surface area (Å²) in [7, 11) is 0. The molecule has 0 saturated carbocycles. The minimum atomic E-state index is -0.240. The van der Waals surface area contributed by atoms with E-state index in [0.29, 0.717) is 5.75 Å². The highest BCUT2D eigenvalue weighted by Crippen LogP contribution is 1.96. The summed E-state index contributed by atoms with van der Waals surface area (Å²) >= 11 is 1.53. The topological polar surface area (TPSA) is 0 Å². The SMILES string of the molecule is CC#CCSCCF. The fourth-order valence-corrected chi connectivity index (χ4v) is 0.750. The van der Waals surface area contributed by atoms with E-state index in [2.05, 4.69) is 11.8 Å². The zero-order valence-electron chi connectivity index (χ0n) is 4.91. The van der Waals surface area contributed by atoms with Crippen molar-refractivity contribution in [3.63, 3.8) is 0 Å². The zero-order chi connectivity index (χ0) is 6.24. The molecule has 0 rings (SSSR count). The van der Waals surface area contributed by atoms with E-state index in [4.69, 9.17) is 0 Å². The molecule has 0 fully saturated rings. The van der Waals surface area contributed by atoms with Crippen LogP contribution in [0.25, 0.3) is 0 Å². The Hall–Kier alpha value is -0.160. The second kappa shape index (κ2) is 6.84. The molecule has 0 aliphatic carbocycles. The molecule has 0 nitrogen and oxygen atoms in total. The van der Waals surface area contributed by atoms with Crippen LogP contribution < -0.4 is 0 Å². The largest absolute Gasteiger partial charge is 0.250 e. The van der Waals surface area contributed by atoms with Crippen molar-refractivity contribution in [3.8, 4) is 11.8 Å². The van der Waals surface area contributed by atoms with Crippen molar-refractivity contribution in [2.45, 2.75) is 6.92 Å². The van der Waals surface area contributed by atoms with Gasteiger partial charge in [0, 0.05) is 5.75 Å². The quantitative estimate of drug-likeness (QED) is 0.416. The van der Waals surface area contributed by atoms with Crippen LogP contribution in [0.5, 0.6) is 0 Å². The van der Waals surface area contributed by atoms with Crippen LogP contribution in [0.15, 0.2) is 0 Å². The molecule has 0 bridgehead atoms. The Labute approximate surface area is 53.9 Å². The molecule has 0 aromatic heterocycles. The van der Waals surface area contributed by atoms with Crippen LogP contribution in [0.4, 0.5) is 4.39 Å². The first-order valence-corrected chi connectivity index (χ1v) is 3.60. The van der Waals surface area contributed by atoms with Crippen molar-refractivity contribution in [1.82, 2.24) is 0 Å². The lowest BCUT2D eigenvalue weighted by atomic mass is 10.7. The van der Waals surface area contributed by atoms with Gasteiger partial charge in [-0.05, 0) is 6.92 Å². The van der Waals surface area contributed by atoms with E-state index in [-0.39, 0.29) is 6.67 Å². The lowest BCUT2D eigenvalue weighted by Gasteiger charge is -1.85. The predicted octanol–water partition coefficient (Wildman–Crippen LogP) is 1.71. The summed E-state index contributed by atoms with van der Waals surface area (Å²) in [6, 6.07) is 0. The fourth-order valence-electron chi connectivity index (χ4n) is 0.250. The summed E-state index contributed by atoms with van der Waals surface area (Å²) in [6.45, 7) is 1.55. The van der Waals surface area contributed by atoms with Crippen molar-refractivity contribution < 1.29 is 4.39 Å². The normalized spacial score (nSPS) is 7.75. The van der Waals surface area contributed by atoms with Crippen LogP contribution in [0.2, 0.25) is 0 Å². The summed E-state index contributed by atoms with van der Waals surface area (Å²) in [5.74, 6) is 6.91. The average molecular weight is 132 g/mol. The van der Waals surface area contributed by atoms with Crippen LogP contribution in [0, 0.1) is 11.8 Å². The Balaban J connectivity index is 2.79. The van der Waals surface area contributed by atoms with Gasteiger partial charge in [-0.2, -0.15) is 0 Å². The van der Waals surface area contributed by atoms with E-state index in [0.717, 1.165) is 5.75 Å². The second-order valence-corrected chi connectivity index (χ2v) is 2.27. The molecule has 0 aliphatic rings. The monoisotopic (exact) mass is 132 g/mol. The number of alkyl halides is 1. The predicted molar refractivity (Wildman–Crippen MR) is 36.8 cm³/mol. The molecular formula is C6H9FS. The third-order valence-corrected chi connectivity index (χ3v) is 1.36. The van der Waals surface area contributed by atoms with Crippen molar-refractivity contribution >= 4 is 11.8 Å². The van der Waals surface area contributed by atoms with Gasteiger partial charge in [0.1, 0.15) is 0 Å². The third kappa shape index (κ3) is 5.84. The van der Waals surface area contributed by atoms with Gasteiger partial charge in [0.25, 0.3) is 0 Å². The first kappa shape index (κ1) is 7.84. The summed E-state index contributed by atoms with van der Waals surface area (Å²) < 4.78 is 11.4. The van der Waals surface area contributed by atoms with Gasteiger partial charge in [0.05, 0.1) is 12.4 Å². The van der Waals surface area contributed by atoms with Gasteiger partial charge >= 0.3 is 0 Å². The standard InChI is InChI=1S/C6H9FS/c1-2-3-5-8-6-4-7/h4-6H2,1H3. The van der Waals surface area contributed by atoms with E-state index in [1.54, 1.807) is 6.92 Å². The number of thioether (sulfide) groups is 1. The molecule has 0 atom stereocenters. The summed E-state index contributed by atoms with van der Waals surface area (Å²) in [5, 5.41) is 0. The molecule has 0 aromatic rings. The van der Waals surface area contributed by atoms with Crippen molar-refractivity contribution in [2.24, 2.45) is 0 Å². The summed E-state index contributed by atoms with van der Waals surface area (Å²) in [4.78, 5) is 0. The maximum Gasteiger partial charge on any atom is 0.0985 e. The zero-order valence-corrected chi connectivity index (χ0v) is 5.72. The maximum absolute atomic E-state index is 11.4. The van der Waals surface area contributed by atoms with Gasteiger partial charge < -0.3 is 0 Å². The molecule has 0 spiro atoms. The summed E-state index contributed by atoms with van der Waals surface area (Å²) in [5.41, 5.74) is 0. The van der Waals surface area contributed by atoms with Gasteiger partial charge in [-0.1, -0.05) is 5.92 Å². The second-order valence-electron chi connectivity index (χ2n) is 1.17. The highest BCUT2D eigenvalue weighted by Gasteiger charge is 1.80. The number of rotatable bonds is 3. The number of halogens is 1. The lowest BCUT2D eigenvalue weighted by molar-refractivity contribution is 0.533. The molecule has 0 radical (unpaired) electrons. The Bertz CT molecular complexity index is 90.4. The van der Waals surface area contributed by atoms with Crippen LogP contribution >= 0.6 is 11.8 Å². The van der Waals surface area contributed by atoms with Gasteiger partial charge in [-0.15, -0.1) is 17.7 Å². The van der Waals surface area contributed by atoms with Crippen molar-refractivity contribution in [2.75, 3.05) is 18.2 Å². The van der Waals surface area contributed by atoms with E-state index >= 15 is 0 Å². The van der Waals surface area contributed by atoms with Crippen LogP contribution in [-0.4, -0.2) is 18.2 Å². The fraction of sp³-hybridized carbons (Fsp3) is 0.667. The Morgan fingerprint density at radius 3 is 2.88 bits per heavy atom. The molecule has 2 heteroatoms. The van der Waals surface area contributed by atoms with Crippen molar-refractivity contribution in [3.05, 3.63) is 0 Å². The van der Waals surface area contributed by atoms with Crippen molar-refractivity contribution in [1.29, 1.82) is 0 Å². The molecule has 0 aromatic carbocycles. The van der Waals surface area contributed by atoms with Gasteiger partial charge in [-0.25, -0.2) is 0 Å². The molecule has 0 saturated heterocycles. The maximum atomic E-state index is 11.4. The highest BCUT2D eigenvalue weighted by atomic mass is 32.2. The molecular weight excluding hydrogens is 123 g/mol. The molecule has 46 valence electrons. The minimum Gasteiger partial charge on any atom is -0.250 e. The van der Waals surface area contributed by atoms with E-state index in [1.165, 1.54) is 11.8 Å². The number of hydrogen-bond donors (Lipinski definition) is 0. The first-order valence-electron chi connectivity index (χ1n) is 2.45. The van der Waals surface area contributed by atoms with Crippen LogP contribution in [-0.2, 0) is 0 Å². The molecule has 0 amide bonds. The van der Waals surface area contributed by atoms with E-state index < -0.39 is 0 Å². The van der Waals surface area contributed by atoms with Crippen LogP contribution in [0.1, 0.15) is 6.92 Å². The Morgan fingerprint density at radius 2 is 2.38 bits per heavy atom. The van der Waals surface area contributed by atoms with E-state index in [1.807, 2.05) is 0 Å². The molecule has 0 heterocycles. The third-order valence-electron chi connectivity index (χ3n) is 0.572. The molecule has 0 N–H and O–H groups in total. The molecule has 0 unspecified atom stereocenters. The number of hydrogen-bond acceptors (Lipinski definition) is 1. The van der Waals surface area contributed by atoms with Crippen LogP contribution in [0.3, 0.4) is 0 Å².